The van der Waals surface area contributed by atoms with Gasteiger partial charge in [-0.2, -0.15) is 0 Å². The van der Waals surface area contributed by atoms with E-state index in [9.17, 15) is 4.79 Å². The zero-order valence-electron chi connectivity index (χ0n) is 11.7. The standard InChI is InChI=1S/C15H17N3O3/c1-2-12-6-7-13(21-12)15(19)17-9-10-4-3-5-11(8-10)14(16)18-20/h3-8,20H,2,9H2,1H3,(H2,16,18)(H,17,19). The van der Waals surface area contributed by atoms with E-state index in [1.807, 2.05) is 13.0 Å². The Labute approximate surface area is 122 Å². The number of benzene rings is 1. The summed E-state index contributed by atoms with van der Waals surface area (Å²) in [6.07, 6.45) is 0.745. The monoisotopic (exact) mass is 287 g/mol. The molecule has 4 N–H and O–H groups in total. The highest BCUT2D eigenvalue weighted by atomic mass is 16.4. The normalized spacial score (nSPS) is 11.4. The molecule has 1 aromatic carbocycles. The van der Waals surface area contributed by atoms with Crippen LogP contribution in [-0.4, -0.2) is 17.0 Å². The minimum absolute atomic E-state index is 0.0294. The molecular weight excluding hydrogens is 270 g/mol. The maximum atomic E-state index is 11.9. The van der Waals surface area contributed by atoms with E-state index in [0.29, 0.717) is 17.9 Å². The molecule has 21 heavy (non-hydrogen) atoms. The van der Waals surface area contributed by atoms with Crippen molar-refractivity contribution < 1.29 is 14.4 Å². The molecule has 0 saturated carbocycles. The molecule has 1 aromatic heterocycles. The Balaban J connectivity index is 2.01. The minimum atomic E-state index is -0.274. The summed E-state index contributed by atoms with van der Waals surface area (Å²) in [7, 11) is 0. The van der Waals surface area contributed by atoms with E-state index in [4.69, 9.17) is 15.4 Å². The number of nitrogens with two attached hydrogens (primary N) is 1. The van der Waals surface area contributed by atoms with E-state index in [-0.39, 0.29) is 11.7 Å². The Kier molecular flexibility index (Phi) is 4.61. The first-order chi connectivity index (χ1) is 10.1. The molecule has 0 bridgehead atoms. The predicted molar refractivity (Wildman–Crippen MR) is 78.2 cm³/mol. The van der Waals surface area contributed by atoms with Crippen LogP contribution >= 0.6 is 0 Å². The van der Waals surface area contributed by atoms with Gasteiger partial charge in [-0.25, -0.2) is 0 Å². The van der Waals surface area contributed by atoms with E-state index in [0.717, 1.165) is 17.7 Å². The molecule has 0 aliphatic rings. The lowest BCUT2D eigenvalue weighted by atomic mass is 10.1. The molecule has 0 fully saturated rings. The summed E-state index contributed by atoms with van der Waals surface area (Å²) in [6.45, 7) is 2.28. The van der Waals surface area contributed by atoms with Gasteiger partial charge < -0.3 is 20.7 Å². The fourth-order valence-corrected chi connectivity index (χ4v) is 1.86. The third kappa shape index (κ3) is 3.62. The summed E-state index contributed by atoms with van der Waals surface area (Å²) in [5.74, 6) is 0.819. The number of oxime groups is 1. The molecule has 6 nitrogen and oxygen atoms in total. The Morgan fingerprint density at radius 2 is 2.19 bits per heavy atom. The van der Waals surface area contributed by atoms with Gasteiger partial charge in [0.25, 0.3) is 5.91 Å². The number of carbonyl (C=O) groups excluding carboxylic acids is 1. The molecule has 1 amide bonds. The van der Waals surface area contributed by atoms with Gasteiger partial charge >= 0.3 is 0 Å². The van der Waals surface area contributed by atoms with Crippen LogP contribution in [0.4, 0.5) is 0 Å². The van der Waals surface area contributed by atoms with Crippen LogP contribution in [0.25, 0.3) is 0 Å². The molecule has 0 spiro atoms. The number of hydrogen-bond donors (Lipinski definition) is 3. The minimum Gasteiger partial charge on any atom is -0.456 e. The number of nitrogens with one attached hydrogen (secondary N) is 1. The number of furan rings is 1. The molecule has 2 aromatic rings. The van der Waals surface area contributed by atoms with Crippen LogP contribution in [0, 0.1) is 0 Å². The van der Waals surface area contributed by atoms with Gasteiger partial charge in [0.2, 0.25) is 0 Å². The van der Waals surface area contributed by atoms with Crippen molar-refractivity contribution in [2.24, 2.45) is 10.9 Å². The van der Waals surface area contributed by atoms with Crippen LogP contribution in [-0.2, 0) is 13.0 Å². The highest BCUT2D eigenvalue weighted by molar-refractivity contribution is 5.97. The van der Waals surface area contributed by atoms with Crippen molar-refractivity contribution in [1.82, 2.24) is 5.32 Å². The average molecular weight is 287 g/mol. The third-order valence-corrected chi connectivity index (χ3v) is 3.02. The Bertz CT molecular complexity index is 662. The van der Waals surface area contributed by atoms with Crippen molar-refractivity contribution in [3.63, 3.8) is 0 Å². The molecule has 0 aliphatic heterocycles. The number of amidine groups is 1. The summed E-state index contributed by atoms with van der Waals surface area (Å²) in [4.78, 5) is 11.9. The van der Waals surface area contributed by atoms with Gasteiger partial charge in [-0.15, -0.1) is 0 Å². The maximum Gasteiger partial charge on any atom is 0.287 e. The summed E-state index contributed by atoms with van der Waals surface area (Å²) in [5.41, 5.74) is 6.96. The summed E-state index contributed by atoms with van der Waals surface area (Å²) >= 11 is 0. The number of rotatable bonds is 5. The van der Waals surface area contributed by atoms with Gasteiger partial charge in [-0.05, 0) is 23.8 Å². The van der Waals surface area contributed by atoms with E-state index < -0.39 is 0 Å². The van der Waals surface area contributed by atoms with Crippen molar-refractivity contribution in [2.45, 2.75) is 19.9 Å². The summed E-state index contributed by atoms with van der Waals surface area (Å²) in [6, 6.07) is 10.5. The number of hydrogen-bond acceptors (Lipinski definition) is 4. The molecule has 2 rings (SSSR count). The Hall–Kier alpha value is -2.76. The topological polar surface area (TPSA) is 101 Å². The van der Waals surface area contributed by atoms with Crippen LogP contribution in [0.15, 0.2) is 46.0 Å². The molecule has 110 valence electrons. The van der Waals surface area contributed by atoms with Crippen LogP contribution in [0.5, 0.6) is 0 Å². The van der Waals surface area contributed by atoms with Gasteiger partial charge in [0.15, 0.2) is 11.6 Å². The molecule has 0 aliphatic carbocycles. The zero-order valence-corrected chi connectivity index (χ0v) is 11.7. The van der Waals surface area contributed by atoms with Crippen LogP contribution in [0.1, 0.15) is 34.4 Å². The molecule has 0 saturated heterocycles. The lowest BCUT2D eigenvalue weighted by Crippen LogP contribution is -2.22. The quantitative estimate of drug-likeness (QED) is 0.338. The van der Waals surface area contributed by atoms with Gasteiger partial charge in [-0.3, -0.25) is 4.79 Å². The fourth-order valence-electron chi connectivity index (χ4n) is 1.86. The summed E-state index contributed by atoms with van der Waals surface area (Å²) < 4.78 is 5.38. The molecule has 0 atom stereocenters. The first-order valence-electron chi connectivity index (χ1n) is 6.57. The van der Waals surface area contributed by atoms with Gasteiger partial charge in [0.1, 0.15) is 5.76 Å². The highest BCUT2D eigenvalue weighted by Gasteiger charge is 2.10. The first kappa shape index (κ1) is 14.6. The average Bonchev–Trinajstić information content (AvgIpc) is 3.01. The van der Waals surface area contributed by atoms with Crippen molar-refractivity contribution in [3.8, 4) is 0 Å². The second kappa shape index (κ2) is 6.60. The highest BCUT2D eigenvalue weighted by Crippen LogP contribution is 2.09. The molecule has 1 heterocycles. The fraction of sp³-hybridized carbons (Fsp3) is 0.200. The smallest absolute Gasteiger partial charge is 0.287 e. The first-order valence-corrected chi connectivity index (χ1v) is 6.57. The molecular formula is C15H17N3O3. The van der Waals surface area contributed by atoms with Gasteiger partial charge in [-0.1, -0.05) is 30.3 Å². The number of aryl methyl sites for hydroxylation is 1. The van der Waals surface area contributed by atoms with Gasteiger partial charge in [0.05, 0.1) is 0 Å². The van der Waals surface area contributed by atoms with E-state index in [1.54, 1.807) is 30.3 Å². The van der Waals surface area contributed by atoms with Crippen molar-refractivity contribution in [3.05, 3.63) is 59.0 Å². The molecule has 0 unspecified atom stereocenters. The van der Waals surface area contributed by atoms with Crippen molar-refractivity contribution in [1.29, 1.82) is 0 Å². The Morgan fingerprint density at radius 1 is 1.38 bits per heavy atom. The predicted octanol–water partition coefficient (Wildman–Crippen LogP) is 1.87. The zero-order chi connectivity index (χ0) is 15.2. The van der Waals surface area contributed by atoms with Crippen molar-refractivity contribution >= 4 is 11.7 Å². The number of nitrogens with zero attached hydrogens (tertiary/aromatic N) is 1. The lowest BCUT2D eigenvalue weighted by Gasteiger charge is -2.05. The second-order valence-corrected chi connectivity index (χ2v) is 4.49. The van der Waals surface area contributed by atoms with Crippen LogP contribution < -0.4 is 11.1 Å². The van der Waals surface area contributed by atoms with Crippen molar-refractivity contribution in [2.75, 3.05) is 0 Å². The maximum absolute atomic E-state index is 11.9. The molecule has 0 radical (unpaired) electrons. The van der Waals surface area contributed by atoms with E-state index in [2.05, 4.69) is 10.5 Å². The Morgan fingerprint density at radius 3 is 2.86 bits per heavy atom. The van der Waals surface area contributed by atoms with Crippen LogP contribution in [0.3, 0.4) is 0 Å². The lowest BCUT2D eigenvalue weighted by molar-refractivity contribution is 0.0921. The van der Waals surface area contributed by atoms with E-state index >= 15 is 0 Å². The third-order valence-electron chi connectivity index (χ3n) is 3.02. The second-order valence-electron chi connectivity index (χ2n) is 4.49. The summed E-state index contributed by atoms with van der Waals surface area (Å²) in [5, 5.41) is 14.4. The SMILES string of the molecule is CCc1ccc(C(=O)NCc2cccc(C(N)=NO)c2)o1. The van der Waals surface area contributed by atoms with Crippen LogP contribution in [0.2, 0.25) is 0 Å². The molecule has 6 heteroatoms. The van der Waals surface area contributed by atoms with Gasteiger partial charge in [0, 0.05) is 18.5 Å². The number of amides is 1. The van der Waals surface area contributed by atoms with E-state index in [1.165, 1.54) is 0 Å². The number of carbonyl (C=O) groups is 1. The largest absolute Gasteiger partial charge is 0.456 e.